The third kappa shape index (κ3) is 9.99. The number of rotatable bonds is 14. The minimum absolute atomic E-state index is 0.0538. The summed E-state index contributed by atoms with van der Waals surface area (Å²) in [6, 6.07) is 3.17. The van der Waals surface area contributed by atoms with Gasteiger partial charge in [0.25, 0.3) is 5.92 Å². The summed E-state index contributed by atoms with van der Waals surface area (Å²) in [7, 11) is 0. The third-order valence-electron chi connectivity index (χ3n) is 7.04. The molecule has 0 aliphatic carbocycles. The summed E-state index contributed by atoms with van der Waals surface area (Å²) in [6.07, 6.45) is -1.71. The van der Waals surface area contributed by atoms with Crippen LogP contribution in [-0.4, -0.2) is 88.6 Å². The molecule has 0 spiro atoms. The first kappa shape index (κ1) is 35.0. The molecule has 3 unspecified atom stereocenters. The second-order valence-electron chi connectivity index (χ2n) is 11.7. The molecule has 42 heavy (non-hydrogen) atoms. The molecule has 11 nitrogen and oxygen atoms in total. The monoisotopic (exact) mass is 597 g/mol. The Labute approximate surface area is 245 Å². The molecule has 1 aliphatic rings. The average molecular weight is 598 g/mol. The molecule has 1 heterocycles. The Morgan fingerprint density at radius 2 is 1.76 bits per heavy atom. The molecule has 1 fully saturated rings. The predicted molar refractivity (Wildman–Crippen MR) is 152 cm³/mol. The van der Waals surface area contributed by atoms with Gasteiger partial charge in [0, 0.05) is 13.0 Å². The lowest BCUT2D eigenvalue weighted by Gasteiger charge is -2.34. The van der Waals surface area contributed by atoms with Crippen molar-refractivity contribution < 1.29 is 37.8 Å². The number of nitrogens with two attached hydrogens (primary N) is 2. The lowest BCUT2D eigenvalue weighted by atomic mass is 9.92. The molecule has 236 valence electrons. The number of alkyl halides is 2. The van der Waals surface area contributed by atoms with Gasteiger partial charge in [0.1, 0.15) is 29.8 Å². The second kappa shape index (κ2) is 15.4. The Hall–Kier alpha value is -3.16. The summed E-state index contributed by atoms with van der Waals surface area (Å²) in [5.74, 6) is -6.30. The predicted octanol–water partition coefficient (Wildman–Crippen LogP) is 1.64. The van der Waals surface area contributed by atoms with Crippen molar-refractivity contribution in [2.75, 3.05) is 13.1 Å². The van der Waals surface area contributed by atoms with Crippen LogP contribution in [0.2, 0.25) is 0 Å². The topological polar surface area (TPSA) is 177 Å². The number of aliphatic hydroxyl groups is 1. The molecule has 2 rings (SSSR count). The highest BCUT2D eigenvalue weighted by Crippen LogP contribution is 2.28. The first-order valence-electron chi connectivity index (χ1n) is 14.2. The van der Waals surface area contributed by atoms with Crippen molar-refractivity contribution in [2.45, 2.75) is 108 Å². The number of amides is 3. The third-order valence-corrected chi connectivity index (χ3v) is 7.04. The van der Waals surface area contributed by atoms with Crippen molar-refractivity contribution in [3.05, 3.63) is 35.9 Å². The number of alkyl carbamates (subject to hydrolysis) is 1. The van der Waals surface area contributed by atoms with E-state index < -0.39 is 65.5 Å². The zero-order chi connectivity index (χ0) is 31.7. The maximum absolute atomic E-state index is 14.9. The van der Waals surface area contributed by atoms with Crippen molar-refractivity contribution in [3.8, 4) is 0 Å². The molecular weight excluding hydrogens is 552 g/mol. The molecule has 1 aromatic carbocycles. The number of carbonyl (C=O) groups excluding carboxylic acids is 4. The Balaban J connectivity index is 2.27. The van der Waals surface area contributed by atoms with Crippen molar-refractivity contribution in [3.63, 3.8) is 0 Å². The Morgan fingerprint density at radius 1 is 1.12 bits per heavy atom. The normalized spacial score (nSPS) is 18.5. The van der Waals surface area contributed by atoms with Gasteiger partial charge in [-0.2, -0.15) is 0 Å². The van der Waals surface area contributed by atoms with Gasteiger partial charge < -0.3 is 36.8 Å². The molecule has 7 N–H and O–H groups in total. The minimum Gasteiger partial charge on any atom is -0.444 e. The van der Waals surface area contributed by atoms with E-state index >= 15 is 0 Å². The maximum Gasteiger partial charge on any atom is 0.408 e. The lowest BCUT2D eigenvalue weighted by Crippen LogP contribution is -2.62. The van der Waals surface area contributed by atoms with Gasteiger partial charge in [-0.15, -0.1) is 0 Å². The van der Waals surface area contributed by atoms with Crippen LogP contribution in [0.3, 0.4) is 0 Å². The number of halogens is 2. The van der Waals surface area contributed by atoms with Crippen molar-refractivity contribution in [1.82, 2.24) is 15.5 Å². The van der Waals surface area contributed by atoms with E-state index in [0.717, 1.165) is 12.5 Å². The molecule has 3 amide bonds. The minimum atomic E-state index is -4.02. The van der Waals surface area contributed by atoms with Crippen LogP contribution in [0.4, 0.5) is 13.6 Å². The number of benzene rings is 1. The highest BCUT2D eigenvalue weighted by Gasteiger charge is 2.51. The molecule has 1 aliphatic heterocycles. The fraction of sp³-hybridized carbons (Fsp3) is 0.655. The van der Waals surface area contributed by atoms with Gasteiger partial charge in [0.15, 0.2) is 5.78 Å². The van der Waals surface area contributed by atoms with Gasteiger partial charge in [-0.25, -0.2) is 13.6 Å². The molecule has 0 aromatic heterocycles. The van der Waals surface area contributed by atoms with E-state index in [1.807, 2.05) is 6.07 Å². The molecule has 1 aromatic rings. The largest absolute Gasteiger partial charge is 0.444 e. The maximum atomic E-state index is 14.9. The van der Waals surface area contributed by atoms with Gasteiger partial charge >= 0.3 is 6.09 Å². The lowest BCUT2D eigenvalue weighted by molar-refractivity contribution is -0.155. The van der Waals surface area contributed by atoms with Crippen LogP contribution in [0.1, 0.15) is 65.4 Å². The zero-order valence-corrected chi connectivity index (χ0v) is 24.8. The van der Waals surface area contributed by atoms with Crippen LogP contribution < -0.4 is 22.1 Å². The van der Waals surface area contributed by atoms with Gasteiger partial charge in [0.05, 0.1) is 6.04 Å². The number of ketones is 1. The molecule has 5 atom stereocenters. The van der Waals surface area contributed by atoms with Crippen LogP contribution in [-0.2, 0) is 25.5 Å². The van der Waals surface area contributed by atoms with Gasteiger partial charge in [-0.05, 0) is 65.5 Å². The number of aliphatic hydroxyl groups excluding tert-OH is 1. The molecule has 0 bridgehead atoms. The highest BCUT2D eigenvalue weighted by atomic mass is 19.3. The zero-order valence-electron chi connectivity index (χ0n) is 24.8. The Morgan fingerprint density at radius 3 is 2.33 bits per heavy atom. The highest BCUT2D eigenvalue weighted by molar-refractivity contribution is 5.92. The summed E-state index contributed by atoms with van der Waals surface area (Å²) < 4.78 is 35.2. The Bertz CT molecular complexity index is 1070. The van der Waals surface area contributed by atoms with Crippen LogP contribution in [0.25, 0.3) is 0 Å². The van der Waals surface area contributed by atoms with Gasteiger partial charge in [-0.1, -0.05) is 36.8 Å². The second-order valence-corrected chi connectivity index (χ2v) is 11.7. The van der Waals surface area contributed by atoms with E-state index in [9.17, 15) is 33.1 Å². The summed E-state index contributed by atoms with van der Waals surface area (Å²) in [5, 5.41) is 15.7. The summed E-state index contributed by atoms with van der Waals surface area (Å²) in [6.45, 7) is 6.43. The summed E-state index contributed by atoms with van der Waals surface area (Å²) >= 11 is 0. The number of hydrogen-bond acceptors (Lipinski definition) is 8. The smallest absolute Gasteiger partial charge is 0.408 e. The SMILES string of the molecule is CC(=O)C(N)C(F)(F)C(O)C(CCCCN)NC(=O)[C@@H]1CCCN1C(=O)[C@@H](Cc1ccccc1)NC(=O)OC(C)(C)C. The first-order valence-corrected chi connectivity index (χ1v) is 14.2. The fourth-order valence-electron chi connectivity index (χ4n) is 4.82. The molecule has 0 radical (unpaired) electrons. The quantitative estimate of drug-likeness (QED) is 0.201. The van der Waals surface area contributed by atoms with E-state index in [2.05, 4.69) is 10.6 Å². The van der Waals surface area contributed by atoms with E-state index in [1.54, 1.807) is 45.0 Å². The molecule has 13 heteroatoms. The number of nitrogens with zero attached hydrogens (tertiary/aromatic N) is 1. The number of carbonyl (C=O) groups is 4. The average Bonchev–Trinajstić information content (AvgIpc) is 3.40. The van der Waals surface area contributed by atoms with Crippen LogP contribution in [0.5, 0.6) is 0 Å². The van der Waals surface area contributed by atoms with Crippen LogP contribution in [0.15, 0.2) is 30.3 Å². The molecular formula is C29H45F2N5O6. The summed E-state index contributed by atoms with van der Waals surface area (Å²) in [5.41, 5.74) is 10.9. The molecule has 0 saturated carbocycles. The van der Waals surface area contributed by atoms with E-state index in [0.29, 0.717) is 19.3 Å². The first-order chi connectivity index (χ1) is 19.6. The number of hydrogen-bond donors (Lipinski definition) is 5. The fourth-order valence-corrected chi connectivity index (χ4v) is 4.82. The van der Waals surface area contributed by atoms with E-state index in [4.69, 9.17) is 16.2 Å². The number of ether oxygens (including phenoxy) is 1. The standard InChI is InChI=1S/C29H45F2N5O6/c1-18(37)23(33)29(30,31)24(38)20(13-8-9-15-32)34-25(39)22-14-10-16-36(22)26(40)21(17-19-11-6-5-7-12-19)35-27(41)42-28(2,3)4/h5-7,11-12,20-24,38H,8-10,13-17,32-33H2,1-4H3,(H,34,39)(H,35,41)/t20?,21-,22+,23?,24?/m1/s1. The number of likely N-dealkylation sites (tertiary alicyclic amines) is 1. The number of Topliss-reactive ketones (excluding diaryl/α,β-unsaturated/α-hetero) is 1. The van der Waals surface area contributed by atoms with Crippen LogP contribution in [0, 0.1) is 0 Å². The van der Waals surface area contributed by atoms with E-state index in [-0.39, 0.29) is 32.4 Å². The van der Waals surface area contributed by atoms with Crippen molar-refractivity contribution >= 4 is 23.7 Å². The van der Waals surface area contributed by atoms with Crippen molar-refractivity contribution in [1.29, 1.82) is 0 Å². The Kier molecular flexibility index (Phi) is 12.8. The molecule has 1 saturated heterocycles. The van der Waals surface area contributed by atoms with Gasteiger partial charge in [-0.3, -0.25) is 14.4 Å². The van der Waals surface area contributed by atoms with E-state index in [1.165, 1.54) is 4.90 Å². The number of unbranched alkanes of at least 4 members (excludes halogenated alkanes) is 1. The van der Waals surface area contributed by atoms with Crippen molar-refractivity contribution in [2.24, 2.45) is 11.5 Å². The number of nitrogens with one attached hydrogen (secondary N) is 2. The van der Waals surface area contributed by atoms with Gasteiger partial charge in [0.2, 0.25) is 11.8 Å². The summed E-state index contributed by atoms with van der Waals surface area (Å²) in [4.78, 5) is 52.7. The van der Waals surface area contributed by atoms with Crippen LogP contribution >= 0.6 is 0 Å².